The van der Waals surface area contributed by atoms with E-state index in [-0.39, 0.29) is 36.8 Å². The fourth-order valence-corrected chi connectivity index (χ4v) is 6.22. The molecule has 1 saturated heterocycles. The molecule has 27 heavy (non-hydrogen) atoms. The van der Waals surface area contributed by atoms with Crippen molar-refractivity contribution in [2.24, 2.45) is 5.92 Å². The van der Waals surface area contributed by atoms with Crippen molar-refractivity contribution in [3.8, 4) is 11.5 Å². The number of rotatable bonds is 6. The van der Waals surface area contributed by atoms with Gasteiger partial charge in [0.2, 0.25) is 20.0 Å². The fourth-order valence-electron chi connectivity index (χ4n) is 3.04. The van der Waals surface area contributed by atoms with E-state index in [4.69, 9.17) is 9.47 Å². The molecule has 10 heteroatoms. The highest BCUT2D eigenvalue weighted by molar-refractivity contribution is 7.89. The Morgan fingerprint density at radius 1 is 0.926 bits per heavy atom. The minimum Gasteiger partial charge on any atom is -0.486 e. The Balaban J connectivity index is 1.68. The smallest absolute Gasteiger partial charge is 0.243 e. The molecule has 1 aromatic rings. The number of hydrogen-bond acceptors (Lipinski definition) is 6. The van der Waals surface area contributed by atoms with Gasteiger partial charge in [-0.1, -0.05) is 13.8 Å². The summed E-state index contributed by atoms with van der Waals surface area (Å²) in [6.07, 6.45) is 0.595. The van der Waals surface area contributed by atoms with Crippen LogP contribution in [0, 0.1) is 5.92 Å². The molecule has 0 unspecified atom stereocenters. The third-order valence-corrected chi connectivity index (χ3v) is 8.49. The van der Waals surface area contributed by atoms with Crippen LogP contribution in [0.15, 0.2) is 23.1 Å². The van der Waals surface area contributed by atoms with E-state index in [1.165, 1.54) is 20.7 Å². The van der Waals surface area contributed by atoms with Gasteiger partial charge in [-0.2, -0.15) is 8.61 Å². The molecule has 3 rings (SSSR count). The predicted molar refractivity (Wildman–Crippen MR) is 101 cm³/mol. The first-order valence-corrected chi connectivity index (χ1v) is 12.1. The summed E-state index contributed by atoms with van der Waals surface area (Å²) >= 11 is 0. The summed E-state index contributed by atoms with van der Waals surface area (Å²) in [5.41, 5.74) is 0. The van der Waals surface area contributed by atoms with Crippen molar-refractivity contribution in [3.05, 3.63) is 18.2 Å². The number of benzene rings is 1. The Hall–Kier alpha value is -1.36. The molecule has 2 heterocycles. The molecule has 0 amide bonds. The lowest BCUT2D eigenvalue weighted by Crippen LogP contribution is -2.51. The van der Waals surface area contributed by atoms with Crippen LogP contribution in [-0.4, -0.2) is 70.6 Å². The second-order valence-electron chi connectivity index (χ2n) is 7.11. The molecule has 2 aliphatic rings. The summed E-state index contributed by atoms with van der Waals surface area (Å²) in [5, 5.41) is 0. The van der Waals surface area contributed by atoms with Crippen LogP contribution in [0.1, 0.15) is 20.3 Å². The summed E-state index contributed by atoms with van der Waals surface area (Å²) in [6.45, 7) is 5.39. The largest absolute Gasteiger partial charge is 0.486 e. The van der Waals surface area contributed by atoms with E-state index < -0.39 is 20.0 Å². The molecule has 1 fully saturated rings. The van der Waals surface area contributed by atoms with Crippen LogP contribution in [0.3, 0.4) is 0 Å². The van der Waals surface area contributed by atoms with Crippen LogP contribution < -0.4 is 9.47 Å². The number of nitrogens with zero attached hydrogens (tertiary/aromatic N) is 2. The van der Waals surface area contributed by atoms with Gasteiger partial charge in [0.05, 0.1) is 10.6 Å². The standard InChI is InChI=1S/C17H26N2O6S2/c1-14(2)5-12-26(20,21)18-6-8-19(9-7-18)27(22,23)15-3-4-16-17(13-15)25-11-10-24-16/h3-4,13-14H,5-12H2,1-2H3. The lowest BCUT2D eigenvalue weighted by atomic mass is 10.2. The monoisotopic (exact) mass is 418 g/mol. The van der Waals surface area contributed by atoms with Crippen molar-refractivity contribution in [1.29, 1.82) is 0 Å². The number of piperazine rings is 1. The van der Waals surface area contributed by atoms with E-state index >= 15 is 0 Å². The molecule has 2 aliphatic heterocycles. The molecule has 0 aromatic heterocycles. The second kappa shape index (κ2) is 7.94. The lowest BCUT2D eigenvalue weighted by molar-refractivity contribution is 0.171. The van der Waals surface area contributed by atoms with Crippen molar-refractivity contribution in [3.63, 3.8) is 0 Å². The molecular weight excluding hydrogens is 392 g/mol. The molecule has 152 valence electrons. The Morgan fingerprint density at radius 3 is 2.15 bits per heavy atom. The van der Waals surface area contributed by atoms with Crippen molar-refractivity contribution in [1.82, 2.24) is 8.61 Å². The molecule has 0 saturated carbocycles. The summed E-state index contributed by atoms with van der Waals surface area (Å²) in [6, 6.07) is 4.55. The van der Waals surface area contributed by atoms with Crippen LogP contribution in [0.2, 0.25) is 0 Å². The zero-order valence-corrected chi connectivity index (χ0v) is 17.3. The second-order valence-corrected chi connectivity index (χ2v) is 11.1. The van der Waals surface area contributed by atoms with Crippen molar-refractivity contribution in [2.45, 2.75) is 25.2 Å². The van der Waals surface area contributed by atoms with Gasteiger partial charge in [0.25, 0.3) is 0 Å². The Labute approximate surface area is 161 Å². The van der Waals surface area contributed by atoms with Crippen LogP contribution >= 0.6 is 0 Å². The molecule has 0 atom stereocenters. The van der Waals surface area contributed by atoms with Crippen LogP contribution in [0.4, 0.5) is 0 Å². The van der Waals surface area contributed by atoms with Crippen molar-refractivity contribution in [2.75, 3.05) is 45.1 Å². The topological polar surface area (TPSA) is 93.2 Å². The third-order valence-electron chi connectivity index (χ3n) is 4.70. The SMILES string of the molecule is CC(C)CCS(=O)(=O)N1CCN(S(=O)(=O)c2ccc3c(c2)OCCO3)CC1. The van der Waals surface area contributed by atoms with Crippen LogP contribution in [-0.2, 0) is 20.0 Å². The molecule has 1 aromatic carbocycles. The summed E-state index contributed by atoms with van der Waals surface area (Å²) in [7, 11) is -7.06. The third kappa shape index (κ3) is 4.56. The van der Waals surface area contributed by atoms with Crippen LogP contribution in [0.25, 0.3) is 0 Å². The molecular formula is C17H26N2O6S2. The zero-order chi connectivity index (χ0) is 19.7. The maximum absolute atomic E-state index is 12.9. The number of hydrogen-bond donors (Lipinski definition) is 0. The normalized spacial score (nSPS) is 19.4. The highest BCUT2D eigenvalue weighted by Gasteiger charge is 2.33. The van der Waals surface area contributed by atoms with Gasteiger partial charge in [0.1, 0.15) is 13.2 Å². The van der Waals surface area contributed by atoms with E-state index in [0.29, 0.717) is 37.1 Å². The number of ether oxygens (including phenoxy) is 2. The minimum absolute atomic E-state index is 0.0968. The van der Waals surface area contributed by atoms with E-state index in [9.17, 15) is 16.8 Å². The fraction of sp³-hybridized carbons (Fsp3) is 0.647. The highest BCUT2D eigenvalue weighted by atomic mass is 32.2. The number of sulfonamides is 2. The van der Waals surface area contributed by atoms with Gasteiger partial charge in [-0.15, -0.1) is 0 Å². The lowest BCUT2D eigenvalue weighted by Gasteiger charge is -2.33. The summed E-state index contributed by atoms with van der Waals surface area (Å²) < 4.78 is 64.2. The van der Waals surface area contributed by atoms with Crippen molar-refractivity contribution >= 4 is 20.0 Å². The van der Waals surface area contributed by atoms with E-state index in [1.807, 2.05) is 13.8 Å². The number of fused-ring (bicyclic) bond motifs is 1. The minimum atomic E-state index is -3.71. The van der Waals surface area contributed by atoms with E-state index in [2.05, 4.69) is 0 Å². The van der Waals surface area contributed by atoms with Gasteiger partial charge >= 0.3 is 0 Å². The first-order valence-electron chi connectivity index (χ1n) is 9.08. The molecule has 8 nitrogen and oxygen atoms in total. The highest BCUT2D eigenvalue weighted by Crippen LogP contribution is 2.33. The first-order chi connectivity index (χ1) is 12.7. The average Bonchev–Trinajstić information content (AvgIpc) is 2.66. The van der Waals surface area contributed by atoms with Gasteiger partial charge in [0, 0.05) is 32.2 Å². The van der Waals surface area contributed by atoms with Gasteiger partial charge in [0.15, 0.2) is 11.5 Å². The Kier molecular flexibility index (Phi) is 5.99. The molecule has 0 radical (unpaired) electrons. The van der Waals surface area contributed by atoms with Crippen molar-refractivity contribution < 1.29 is 26.3 Å². The van der Waals surface area contributed by atoms with Gasteiger partial charge in [-0.25, -0.2) is 16.8 Å². The maximum atomic E-state index is 12.9. The van der Waals surface area contributed by atoms with E-state index in [0.717, 1.165) is 0 Å². The summed E-state index contributed by atoms with van der Waals surface area (Å²) in [4.78, 5) is 0.128. The van der Waals surface area contributed by atoms with Gasteiger partial charge in [-0.05, 0) is 24.5 Å². The van der Waals surface area contributed by atoms with Gasteiger partial charge in [-0.3, -0.25) is 0 Å². The Bertz CT molecular complexity index is 875. The average molecular weight is 419 g/mol. The maximum Gasteiger partial charge on any atom is 0.243 e. The molecule has 0 aliphatic carbocycles. The van der Waals surface area contributed by atoms with E-state index in [1.54, 1.807) is 6.07 Å². The van der Waals surface area contributed by atoms with Gasteiger partial charge < -0.3 is 9.47 Å². The quantitative estimate of drug-likeness (QED) is 0.688. The molecule has 0 N–H and O–H groups in total. The zero-order valence-electron chi connectivity index (χ0n) is 15.6. The molecule has 0 spiro atoms. The Morgan fingerprint density at radius 2 is 1.52 bits per heavy atom. The first kappa shape index (κ1) is 20.4. The molecule has 0 bridgehead atoms. The van der Waals surface area contributed by atoms with Crippen LogP contribution in [0.5, 0.6) is 11.5 Å². The predicted octanol–water partition coefficient (Wildman–Crippen LogP) is 1.14. The summed E-state index contributed by atoms with van der Waals surface area (Å²) in [5.74, 6) is 1.34.